The van der Waals surface area contributed by atoms with Gasteiger partial charge >= 0.3 is 6.03 Å². The molecule has 1 fully saturated rings. The quantitative estimate of drug-likeness (QED) is 0.782. The van der Waals surface area contributed by atoms with Gasteiger partial charge in [0.25, 0.3) is 0 Å². The Balaban J connectivity index is 1.47. The highest BCUT2D eigenvalue weighted by atomic mass is 16.2. The molecule has 1 aliphatic rings. The number of urea groups is 1. The maximum Gasteiger partial charge on any atom is 0.323 e. The third-order valence-corrected chi connectivity index (χ3v) is 4.64. The van der Waals surface area contributed by atoms with E-state index >= 15 is 0 Å². The Morgan fingerprint density at radius 2 is 2.19 bits per heavy atom. The zero-order valence-corrected chi connectivity index (χ0v) is 14.6. The smallest absolute Gasteiger partial charge is 0.320 e. The molecule has 3 aromatic heterocycles. The van der Waals surface area contributed by atoms with Crippen molar-refractivity contribution in [2.75, 3.05) is 11.9 Å². The Morgan fingerprint density at radius 3 is 2.96 bits per heavy atom. The monoisotopic (exact) mass is 351 g/mol. The van der Waals surface area contributed by atoms with E-state index in [1.165, 1.54) is 0 Å². The highest BCUT2D eigenvalue weighted by Gasteiger charge is 2.29. The first kappa shape index (κ1) is 16.3. The van der Waals surface area contributed by atoms with Gasteiger partial charge in [-0.3, -0.25) is 19.7 Å². The largest absolute Gasteiger partial charge is 0.323 e. The summed E-state index contributed by atoms with van der Waals surface area (Å²) in [7, 11) is 1.81. The fourth-order valence-corrected chi connectivity index (χ4v) is 3.32. The molecule has 0 radical (unpaired) electrons. The first-order valence-corrected chi connectivity index (χ1v) is 8.71. The van der Waals surface area contributed by atoms with Crippen LogP contribution < -0.4 is 5.32 Å². The molecule has 4 heterocycles. The molecule has 3 aromatic rings. The second kappa shape index (κ2) is 6.99. The van der Waals surface area contributed by atoms with Gasteiger partial charge in [0.2, 0.25) is 0 Å². The van der Waals surface area contributed by atoms with Crippen LogP contribution in [0, 0.1) is 0 Å². The molecule has 0 aromatic carbocycles. The second-order valence-electron chi connectivity index (χ2n) is 6.40. The summed E-state index contributed by atoms with van der Waals surface area (Å²) in [4.78, 5) is 19.0. The summed E-state index contributed by atoms with van der Waals surface area (Å²) in [6.07, 6.45) is 7.40. The van der Waals surface area contributed by atoms with E-state index < -0.39 is 0 Å². The predicted molar refractivity (Wildman–Crippen MR) is 97.4 cm³/mol. The zero-order chi connectivity index (χ0) is 17.9. The molecule has 1 N–H and O–H groups in total. The molecule has 2 amide bonds. The molecule has 1 atom stereocenters. The van der Waals surface area contributed by atoms with Crippen molar-refractivity contribution >= 4 is 11.8 Å². The van der Waals surface area contributed by atoms with Crippen LogP contribution in [0.5, 0.6) is 0 Å². The standard InChI is InChI=1S/C18H21N7O/c1-23-17(12-16(22-23)15-7-2-3-8-19-15)21-18(26)25-11-4-6-14(25)13-24-10-5-9-20-24/h2-3,5,7-10,12,14H,4,6,11,13H2,1H3,(H,21,26)/t14-/m0/s1. The number of hydrogen-bond donors (Lipinski definition) is 1. The lowest BCUT2D eigenvalue weighted by Crippen LogP contribution is -2.41. The summed E-state index contributed by atoms with van der Waals surface area (Å²) in [5, 5.41) is 11.7. The molecule has 8 nitrogen and oxygen atoms in total. The van der Waals surface area contributed by atoms with Crippen LogP contribution >= 0.6 is 0 Å². The summed E-state index contributed by atoms with van der Waals surface area (Å²) < 4.78 is 3.54. The highest BCUT2D eigenvalue weighted by molar-refractivity contribution is 5.89. The minimum Gasteiger partial charge on any atom is -0.320 e. The topological polar surface area (TPSA) is 80.9 Å². The van der Waals surface area contributed by atoms with Crippen LogP contribution in [0.4, 0.5) is 10.6 Å². The molecule has 8 heteroatoms. The maximum atomic E-state index is 12.8. The number of likely N-dealkylation sites (tertiary alicyclic amines) is 1. The molecular weight excluding hydrogens is 330 g/mol. The summed E-state index contributed by atoms with van der Waals surface area (Å²) in [5.74, 6) is 0.653. The molecule has 0 saturated carbocycles. The lowest BCUT2D eigenvalue weighted by atomic mass is 10.2. The minimum absolute atomic E-state index is 0.102. The highest BCUT2D eigenvalue weighted by Crippen LogP contribution is 2.22. The third kappa shape index (κ3) is 3.30. The Bertz CT molecular complexity index is 872. The van der Waals surface area contributed by atoms with Gasteiger partial charge in [0.15, 0.2) is 0 Å². The number of pyridine rings is 1. The molecule has 0 unspecified atom stereocenters. The predicted octanol–water partition coefficient (Wildman–Crippen LogP) is 2.38. The molecule has 1 aliphatic heterocycles. The van der Waals surface area contributed by atoms with Crippen molar-refractivity contribution in [1.82, 2.24) is 29.4 Å². The van der Waals surface area contributed by atoms with Crippen molar-refractivity contribution in [3.05, 3.63) is 48.9 Å². The molecule has 134 valence electrons. The van der Waals surface area contributed by atoms with Crippen LogP contribution in [-0.4, -0.2) is 48.1 Å². The van der Waals surface area contributed by atoms with Gasteiger partial charge in [-0.1, -0.05) is 6.07 Å². The molecule has 0 spiro atoms. The zero-order valence-electron chi connectivity index (χ0n) is 14.6. The Morgan fingerprint density at radius 1 is 1.27 bits per heavy atom. The maximum absolute atomic E-state index is 12.8. The van der Waals surface area contributed by atoms with Crippen molar-refractivity contribution in [2.24, 2.45) is 7.05 Å². The first-order valence-electron chi connectivity index (χ1n) is 8.71. The molecule has 0 aliphatic carbocycles. The fourth-order valence-electron chi connectivity index (χ4n) is 3.32. The lowest BCUT2D eigenvalue weighted by molar-refractivity contribution is 0.199. The number of nitrogens with zero attached hydrogens (tertiary/aromatic N) is 6. The molecule has 26 heavy (non-hydrogen) atoms. The number of hydrogen-bond acceptors (Lipinski definition) is 4. The Kier molecular flexibility index (Phi) is 4.39. The Labute approximate surface area is 151 Å². The van der Waals surface area contributed by atoms with E-state index in [4.69, 9.17) is 0 Å². The van der Waals surface area contributed by atoms with Crippen molar-refractivity contribution in [3.63, 3.8) is 0 Å². The summed E-state index contributed by atoms with van der Waals surface area (Å²) in [6, 6.07) is 9.47. The number of aromatic nitrogens is 5. The Hall–Kier alpha value is -3.16. The van der Waals surface area contributed by atoms with Crippen LogP contribution in [0.15, 0.2) is 48.9 Å². The fraction of sp³-hybridized carbons (Fsp3) is 0.333. The van der Waals surface area contributed by atoms with Crippen LogP contribution in [-0.2, 0) is 13.6 Å². The average Bonchev–Trinajstić information content (AvgIpc) is 3.39. The van der Waals surface area contributed by atoms with Crippen LogP contribution in [0.3, 0.4) is 0 Å². The number of amides is 2. The number of rotatable bonds is 4. The van der Waals surface area contributed by atoms with E-state index in [2.05, 4.69) is 20.5 Å². The van der Waals surface area contributed by atoms with Gasteiger partial charge in [-0.15, -0.1) is 0 Å². The third-order valence-electron chi connectivity index (χ3n) is 4.64. The van der Waals surface area contributed by atoms with E-state index in [1.807, 2.05) is 53.2 Å². The van der Waals surface area contributed by atoms with E-state index in [1.54, 1.807) is 17.1 Å². The van der Waals surface area contributed by atoms with Gasteiger partial charge in [-0.25, -0.2) is 4.79 Å². The summed E-state index contributed by atoms with van der Waals surface area (Å²) in [6.45, 7) is 1.47. The van der Waals surface area contributed by atoms with Crippen molar-refractivity contribution < 1.29 is 4.79 Å². The normalized spacial score (nSPS) is 16.8. The molecule has 4 rings (SSSR count). The van der Waals surface area contributed by atoms with Crippen LogP contribution in [0.2, 0.25) is 0 Å². The van der Waals surface area contributed by atoms with Crippen molar-refractivity contribution in [2.45, 2.75) is 25.4 Å². The molecule has 0 bridgehead atoms. The van der Waals surface area contributed by atoms with Gasteiger partial charge in [0.1, 0.15) is 11.5 Å². The number of nitrogens with one attached hydrogen (secondary N) is 1. The van der Waals surface area contributed by atoms with Gasteiger partial charge in [0.05, 0.1) is 18.3 Å². The van der Waals surface area contributed by atoms with E-state index in [-0.39, 0.29) is 12.1 Å². The molecule has 1 saturated heterocycles. The van der Waals surface area contributed by atoms with Gasteiger partial charge in [-0.2, -0.15) is 10.2 Å². The second-order valence-corrected chi connectivity index (χ2v) is 6.40. The van der Waals surface area contributed by atoms with E-state index in [9.17, 15) is 4.79 Å². The summed E-state index contributed by atoms with van der Waals surface area (Å²) >= 11 is 0. The average molecular weight is 351 g/mol. The number of anilines is 1. The van der Waals surface area contributed by atoms with Crippen molar-refractivity contribution in [3.8, 4) is 11.4 Å². The molecular formula is C18H21N7O. The SMILES string of the molecule is Cn1nc(-c2ccccn2)cc1NC(=O)N1CCC[C@H]1Cn1cccn1. The van der Waals surface area contributed by atoms with E-state index in [0.717, 1.165) is 30.8 Å². The van der Waals surface area contributed by atoms with Gasteiger partial charge in [0, 0.05) is 38.2 Å². The van der Waals surface area contributed by atoms with Gasteiger partial charge < -0.3 is 4.90 Å². The lowest BCUT2D eigenvalue weighted by Gasteiger charge is -2.24. The van der Waals surface area contributed by atoms with Crippen molar-refractivity contribution in [1.29, 1.82) is 0 Å². The number of carbonyl (C=O) groups excluding carboxylic acids is 1. The van der Waals surface area contributed by atoms with Crippen LogP contribution in [0.25, 0.3) is 11.4 Å². The minimum atomic E-state index is -0.102. The van der Waals surface area contributed by atoms with Gasteiger partial charge in [-0.05, 0) is 31.0 Å². The first-order chi connectivity index (χ1) is 12.7. The number of carbonyl (C=O) groups is 1. The number of aryl methyl sites for hydroxylation is 1. The summed E-state index contributed by atoms with van der Waals surface area (Å²) in [5.41, 5.74) is 1.51. The van der Waals surface area contributed by atoms with E-state index in [0.29, 0.717) is 12.4 Å². The van der Waals surface area contributed by atoms with Crippen LogP contribution in [0.1, 0.15) is 12.8 Å².